The second-order valence-corrected chi connectivity index (χ2v) is 7.62. The van der Waals surface area contributed by atoms with Gasteiger partial charge in [0.15, 0.2) is 0 Å². The number of hydrogen-bond donors (Lipinski definition) is 0. The predicted octanol–water partition coefficient (Wildman–Crippen LogP) is 6.19. The molecule has 140 valence electrons. The average Bonchev–Trinajstić information content (AvgIpc) is 2.55. The van der Waals surface area contributed by atoms with Gasteiger partial charge in [0, 0.05) is 5.56 Å². The Hall–Kier alpha value is -1.61. The molecule has 2 aromatic carbocycles. The van der Waals surface area contributed by atoms with E-state index >= 15 is 0 Å². The fourth-order valence-corrected chi connectivity index (χ4v) is 4.10. The van der Waals surface area contributed by atoms with Crippen LogP contribution in [0.2, 0.25) is 0 Å². The van der Waals surface area contributed by atoms with Gasteiger partial charge >= 0.3 is 6.36 Å². The Balaban J connectivity index is 1.84. The zero-order chi connectivity index (χ0) is 18.9. The minimum absolute atomic E-state index is 0.320. The number of rotatable bonds is 3. The van der Waals surface area contributed by atoms with Gasteiger partial charge in [-0.25, -0.2) is 4.39 Å². The second-order valence-electron chi connectivity index (χ2n) is 7.00. The number of alkyl halides is 3. The number of ether oxygens (including phenoxy) is 1. The zero-order valence-corrected chi connectivity index (χ0v) is 15.6. The molecule has 0 saturated heterocycles. The maximum Gasteiger partial charge on any atom is 0.573 e. The molecule has 0 bridgehead atoms. The van der Waals surface area contributed by atoms with Crippen LogP contribution in [0.5, 0.6) is 5.75 Å². The van der Waals surface area contributed by atoms with Gasteiger partial charge < -0.3 is 4.74 Å². The number of hydrogen-bond acceptors (Lipinski definition) is 1. The van der Waals surface area contributed by atoms with Crippen LogP contribution in [0.15, 0.2) is 36.4 Å². The molecule has 3 rings (SSSR count). The molecule has 0 aromatic heterocycles. The first kappa shape index (κ1) is 19.2. The van der Waals surface area contributed by atoms with Crippen LogP contribution < -0.4 is 10.0 Å². The highest BCUT2D eigenvalue weighted by molar-refractivity contribution is 7.28. The molecular formula is C20H21F4OP. The third kappa shape index (κ3) is 4.56. The van der Waals surface area contributed by atoms with E-state index in [0.717, 1.165) is 37.2 Å². The van der Waals surface area contributed by atoms with Gasteiger partial charge in [-0.2, -0.15) is 0 Å². The third-order valence-corrected chi connectivity index (χ3v) is 5.46. The molecule has 0 N–H and O–H groups in total. The fraction of sp³-hybridized carbons (Fsp3) is 0.400. The van der Waals surface area contributed by atoms with Crippen LogP contribution in [0, 0.1) is 11.7 Å². The van der Waals surface area contributed by atoms with E-state index in [1.807, 2.05) is 6.07 Å². The Labute approximate surface area is 153 Å². The number of benzene rings is 2. The molecule has 1 unspecified atom stereocenters. The van der Waals surface area contributed by atoms with Crippen molar-refractivity contribution in [1.29, 1.82) is 0 Å². The van der Waals surface area contributed by atoms with Gasteiger partial charge in [0.2, 0.25) is 0 Å². The van der Waals surface area contributed by atoms with Gasteiger partial charge in [0.05, 0.1) is 0 Å². The first-order valence-electron chi connectivity index (χ1n) is 8.68. The Morgan fingerprint density at radius 1 is 1.00 bits per heavy atom. The highest BCUT2D eigenvalue weighted by atomic mass is 31.0. The Morgan fingerprint density at radius 2 is 1.62 bits per heavy atom. The van der Waals surface area contributed by atoms with Crippen molar-refractivity contribution in [3.05, 3.63) is 47.8 Å². The summed E-state index contributed by atoms with van der Waals surface area (Å²) in [5, 5.41) is 0.711. The van der Waals surface area contributed by atoms with E-state index in [4.69, 9.17) is 0 Å². The monoisotopic (exact) mass is 384 g/mol. The lowest BCUT2D eigenvalue weighted by Gasteiger charge is -2.27. The molecule has 26 heavy (non-hydrogen) atoms. The topological polar surface area (TPSA) is 9.23 Å². The van der Waals surface area contributed by atoms with Crippen molar-refractivity contribution in [2.24, 2.45) is 5.92 Å². The lowest BCUT2D eigenvalue weighted by molar-refractivity contribution is -0.274. The van der Waals surface area contributed by atoms with Crippen LogP contribution in [-0.2, 0) is 0 Å². The van der Waals surface area contributed by atoms with E-state index in [9.17, 15) is 17.6 Å². The quantitative estimate of drug-likeness (QED) is 0.453. The summed E-state index contributed by atoms with van der Waals surface area (Å²) in [5.41, 5.74) is 1.91. The summed E-state index contributed by atoms with van der Waals surface area (Å²) in [6.07, 6.45) is -0.305. The van der Waals surface area contributed by atoms with E-state index in [1.165, 1.54) is 24.3 Å². The Bertz CT molecular complexity index is 739. The lowest BCUT2D eigenvalue weighted by atomic mass is 9.79. The van der Waals surface area contributed by atoms with Gasteiger partial charge in [-0.05, 0) is 59.3 Å². The van der Waals surface area contributed by atoms with E-state index in [1.54, 1.807) is 6.07 Å². The SMILES string of the molecule is CC1CCC(c2cc(F)c(-c3ccc(OC(F)(F)F)cc3)c(P)c2)CC1. The summed E-state index contributed by atoms with van der Waals surface area (Å²) in [4.78, 5) is 0. The molecule has 0 amide bonds. The fourth-order valence-electron chi connectivity index (χ4n) is 3.61. The molecule has 6 heteroatoms. The van der Waals surface area contributed by atoms with Crippen LogP contribution >= 0.6 is 9.24 Å². The molecule has 1 aliphatic carbocycles. The van der Waals surface area contributed by atoms with Crippen molar-refractivity contribution in [3.63, 3.8) is 0 Å². The molecule has 0 radical (unpaired) electrons. The summed E-state index contributed by atoms with van der Waals surface area (Å²) < 4.78 is 55.4. The zero-order valence-electron chi connectivity index (χ0n) is 14.4. The van der Waals surface area contributed by atoms with Crippen molar-refractivity contribution in [1.82, 2.24) is 0 Å². The van der Waals surface area contributed by atoms with E-state index < -0.39 is 6.36 Å². The van der Waals surface area contributed by atoms with Crippen LogP contribution in [0.4, 0.5) is 17.6 Å². The maximum atomic E-state index is 14.8. The van der Waals surface area contributed by atoms with Gasteiger partial charge in [0.1, 0.15) is 11.6 Å². The number of halogens is 4. The van der Waals surface area contributed by atoms with Crippen molar-refractivity contribution >= 4 is 14.5 Å². The minimum Gasteiger partial charge on any atom is -0.406 e. The summed E-state index contributed by atoms with van der Waals surface area (Å²) in [7, 11) is 2.55. The molecule has 0 heterocycles. The highest BCUT2D eigenvalue weighted by Gasteiger charge is 2.31. The van der Waals surface area contributed by atoms with Gasteiger partial charge in [-0.15, -0.1) is 22.4 Å². The normalized spacial score (nSPS) is 20.8. The van der Waals surface area contributed by atoms with Crippen molar-refractivity contribution < 1.29 is 22.3 Å². The van der Waals surface area contributed by atoms with Gasteiger partial charge in [-0.1, -0.05) is 38.0 Å². The summed E-state index contributed by atoms with van der Waals surface area (Å²) in [6.45, 7) is 2.24. The highest BCUT2D eigenvalue weighted by Crippen LogP contribution is 2.37. The molecule has 1 saturated carbocycles. The summed E-state index contributed by atoms with van der Waals surface area (Å²) >= 11 is 0. The first-order chi connectivity index (χ1) is 12.2. The largest absolute Gasteiger partial charge is 0.573 e. The van der Waals surface area contributed by atoms with Crippen molar-refractivity contribution in [2.45, 2.75) is 44.9 Å². The standard InChI is InChI=1S/C20H21F4OP/c1-12-2-4-13(5-3-12)15-10-17(21)19(18(26)11-15)14-6-8-16(9-7-14)25-20(22,23)24/h6-13H,2-5,26H2,1H3. The van der Waals surface area contributed by atoms with Crippen LogP contribution in [0.25, 0.3) is 11.1 Å². The molecular weight excluding hydrogens is 363 g/mol. The summed E-state index contributed by atoms with van der Waals surface area (Å²) in [5.74, 6) is 0.426. The minimum atomic E-state index is -4.74. The molecule has 0 aliphatic heterocycles. The summed E-state index contributed by atoms with van der Waals surface area (Å²) in [6, 6.07) is 8.82. The lowest BCUT2D eigenvalue weighted by Crippen LogP contribution is -2.17. The molecule has 0 spiro atoms. The molecule has 1 aliphatic rings. The molecule has 1 fully saturated rings. The Kier molecular flexibility index (Phi) is 5.57. The molecule has 1 atom stereocenters. The maximum absolute atomic E-state index is 14.8. The van der Waals surface area contributed by atoms with Crippen molar-refractivity contribution in [3.8, 4) is 16.9 Å². The average molecular weight is 384 g/mol. The molecule has 1 nitrogen and oxygen atoms in total. The smallest absolute Gasteiger partial charge is 0.406 e. The third-order valence-electron chi connectivity index (χ3n) is 5.01. The van der Waals surface area contributed by atoms with Gasteiger partial charge in [-0.3, -0.25) is 0 Å². The Morgan fingerprint density at radius 3 is 2.15 bits per heavy atom. The van der Waals surface area contributed by atoms with Crippen LogP contribution in [0.3, 0.4) is 0 Å². The second kappa shape index (κ2) is 7.56. The van der Waals surface area contributed by atoms with E-state index in [-0.39, 0.29) is 11.6 Å². The van der Waals surface area contributed by atoms with E-state index in [0.29, 0.717) is 22.3 Å². The van der Waals surface area contributed by atoms with Gasteiger partial charge in [0.25, 0.3) is 0 Å². The van der Waals surface area contributed by atoms with Crippen LogP contribution in [0.1, 0.15) is 44.1 Å². The van der Waals surface area contributed by atoms with E-state index in [2.05, 4.69) is 20.9 Å². The molecule has 2 aromatic rings. The first-order valence-corrected chi connectivity index (χ1v) is 9.26. The van der Waals surface area contributed by atoms with Crippen LogP contribution in [-0.4, -0.2) is 6.36 Å². The predicted molar refractivity (Wildman–Crippen MR) is 98.2 cm³/mol. The van der Waals surface area contributed by atoms with Crippen molar-refractivity contribution in [2.75, 3.05) is 0 Å².